The van der Waals surface area contributed by atoms with Gasteiger partial charge in [0.05, 0.1) is 0 Å². The summed E-state index contributed by atoms with van der Waals surface area (Å²) in [6.45, 7) is 0. The van der Waals surface area contributed by atoms with Crippen LogP contribution in [0.4, 0.5) is 0 Å². The minimum atomic E-state index is -1.50. The van der Waals surface area contributed by atoms with Crippen LogP contribution in [0.5, 0.6) is 0 Å². The van der Waals surface area contributed by atoms with E-state index in [2.05, 4.69) is 9.97 Å². The molecule has 3 N–H and O–H groups in total. The summed E-state index contributed by atoms with van der Waals surface area (Å²) in [7, 11) is 0. The molecule has 0 saturated heterocycles. The van der Waals surface area contributed by atoms with Crippen LogP contribution in [0.3, 0.4) is 0 Å². The van der Waals surface area contributed by atoms with Crippen molar-refractivity contribution >= 4 is 44.1 Å². The van der Waals surface area contributed by atoms with E-state index in [4.69, 9.17) is 45.2 Å². The van der Waals surface area contributed by atoms with Crippen molar-refractivity contribution in [2.24, 2.45) is 0 Å². The number of hydrogen-bond donors (Lipinski definition) is 3. The normalized spacial score (nSPS) is 11.5. The van der Waals surface area contributed by atoms with Gasteiger partial charge in [-0.1, -0.05) is 97.1 Å². The van der Waals surface area contributed by atoms with Gasteiger partial charge in [-0.15, -0.1) is 10.1 Å². The minimum Gasteiger partial charge on any atom is -0.328 e. The first kappa shape index (κ1) is 25.2. The maximum Gasteiger partial charge on any atom is 0.291 e. The molecular formula is C32H19N9O3. The zero-order chi connectivity index (χ0) is 29.8. The highest BCUT2D eigenvalue weighted by molar-refractivity contribution is 6.06. The molecule has 2 aliphatic rings. The van der Waals surface area contributed by atoms with Crippen LogP contribution in [0, 0.1) is 10.1 Å². The molecule has 210 valence electrons. The van der Waals surface area contributed by atoms with Crippen LogP contribution < -0.4 is 0 Å². The van der Waals surface area contributed by atoms with E-state index in [-0.39, 0.29) is 0 Å². The van der Waals surface area contributed by atoms with Crippen molar-refractivity contribution in [1.29, 1.82) is 0 Å². The van der Waals surface area contributed by atoms with Crippen LogP contribution in [0.1, 0.15) is 0 Å². The number of benzene rings is 4. The van der Waals surface area contributed by atoms with Crippen molar-refractivity contribution in [3.8, 4) is 45.6 Å². The fourth-order valence-electron chi connectivity index (χ4n) is 5.59. The van der Waals surface area contributed by atoms with E-state index in [1.54, 1.807) is 0 Å². The Labute approximate surface area is 246 Å². The maximum atomic E-state index is 8.36. The first-order valence-corrected chi connectivity index (χ1v) is 13.6. The smallest absolute Gasteiger partial charge is 0.291 e. The molecule has 0 radical (unpaired) electrons. The SMILES string of the molecule is O=[N+]([O-])O.c1ccc2c(c1)-c1nc-2nc2[nH]c(nc3nc(nc4[nH]c(n1)c1ccccc41)-c1ccccc1-3)c1ccccc21. The van der Waals surface area contributed by atoms with Gasteiger partial charge in [0, 0.05) is 43.8 Å². The number of nitrogens with one attached hydrogen (secondary N) is 2. The summed E-state index contributed by atoms with van der Waals surface area (Å²) in [5.41, 5.74) is 6.45. The number of aromatic amines is 2. The first-order chi connectivity index (χ1) is 21.5. The second-order valence-electron chi connectivity index (χ2n) is 10.0. The molecule has 4 aromatic carbocycles. The average molecular weight is 578 g/mol. The molecule has 0 amide bonds. The molecule has 0 spiro atoms. The highest BCUT2D eigenvalue weighted by atomic mass is 16.9. The Kier molecular flexibility index (Phi) is 5.59. The van der Waals surface area contributed by atoms with Crippen molar-refractivity contribution in [3.63, 3.8) is 0 Å². The molecule has 9 rings (SSSR count). The van der Waals surface area contributed by atoms with Gasteiger partial charge >= 0.3 is 0 Å². The predicted octanol–water partition coefficient (Wildman–Crippen LogP) is 6.52. The van der Waals surface area contributed by atoms with Gasteiger partial charge in [0.15, 0.2) is 23.3 Å². The van der Waals surface area contributed by atoms with E-state index >= 15 is 0 Å². The zero-order valence-electron chi connectivity index (χ0n) is 22.6. The summed E-state index contributed by atoms with van der Waals surface area (Å²) in [5, 5.41) is 17.5. The second kappa shape index (κ2) is 9.77. The van der Waals surface area contributed by atoms with Gasteiger partial charge in [-0.25, -0.2) is 29.9 Å². The first-order valence-electron chi connectivity index (χ1n) is 13.6. The average Bonchev–Trinajstić information content (AvgIpc) is 3.76. The van der Waals surface area contributed by atoms with E-state index in [1.807, 2.05) is 97.1 Å². The summed E-state index contributed by atoms with van der Waals surface area (Å²) in [4.78, 5) is 45.1. The number of fused-ring (bicyclic) bond motifs is 20. The molecule has 12 nitrogen and oxygen atoms in total. The van der Waals surface area contributed by atoms with Gasteiger partial charge in [0.1, 0.15) is 22.6 Å². The van der Waals surface area contributed by atoms with E-state index in [9.17, 15) is 0 Å². The molecule has 0 atom stereocenters. The Balaban J connectivity index is 0.000000684. The van der Waals surface area contributed by atoms with Gasteiger partial charge in [0.2, 0.25) is 0 Å². The fourth-order valence-corrected chi connectivity index (χ4v) is 5.59. The molecular weight excluding hydrogens is 558 g/mol. The zero-order valence-corrected chi connectivity index (χ0v) is 22.6. The molecule has 12 heteroatoms. The third kappa shape index (κ3) is 4.09. The lowest BCUT2D eigenvalue weighted by molar-refractivity contribution is -0.742. The molecule has 5 heterocycles. The molecule has 3 aromatic heterocycles. The molecule has 44 heavy (non-hydrogen) atoms. The van der Waals surface area contributed by atoms with Gasteiger partial charge in [-0.2, -0.15) is 0 Å². The van der Waals surface area contributed by atoms with Crippen molar-refractivity contribution in [2.45, 2.75) is 0 Å². The van der Waals surface area contributed by atoms with Gasteiger partial charge in [-0.3, -0.25) is 0 Å². The Morgan fingerprint density at radius 2 is 0.682 bits per heavy atom. The van der Waals surface area contributed by atoms with E-state index in [0.29, 0.717) is 45.9 Å². The third-order valence-electron chi connectivity index (χ3n) is 7.46. The van der Waals surface area contributed by atoms with Crippen LogP contribution in [0.15, 0.2) is 97.1 Å². The number of H-pyrrole nitrogens is 2. The van der Waals surface area contributed by atoms with Gasteiger partial charge in [0.25, 0.3) is 5.09 Å². The monoisotopic (exact) mass is 577 g/mol. The van der Waals surface area contributed by atoms with Crippen LogP contribution in [0.25, 0.3) is 89.7 Å². The Bertz CT molecular complexity index is 2140. The largest absolute Gasteiger partial charge is 0.328 e. The van der Waals surface area contributed by atoms with Crippen LogP contribution >= 0.6 is 0 Å². The fraction of sp³-hybridized carbons (Fsp3) is 0. The molecule has 0 unspecified atom stereocenters. The van der Waals surface area contributed by atoms with Gasteiger partial charge in [-0.05, 0) is 0 Å². The highest BCUT2D eigenvalue weighted by Crippen LogP contribution is 2.36. The summed E-state index contributed by atoms with van der Waals surface area (Å²) in [6, 6.07) is 32.2. The van der Waals surface area contributed by atoms with Crippen LogP contribution in [-0.2, 0) is 0 Å². The van der Waals surface area contributed by atoms with Crippen molar-refractivity contribution < 1.29 is 10.3 Å². The lowest BCUT2D eigenvalue weighted by atomic mass is 10.1. The van der Waals surface area contributed by atoms with Crippen LogP contribution in [0.2, 0.25) is 0 Å². The Hall–Kier alpha value is -6.56. The third-order valence-corrected chi connectivity index (χ3v) is 7.46. The Morgan fingerprint density at radius 3 is 0.932 bits per heavy atom. The molecule has 2 aliphatic heterocycles. The minimum absolute atomic E-state index is 0.597. The van der Waals surface area contributed by atoms with Crippen molar-refractivity contribution in [1.82, 2.24) is 39.9 Å². The van der Waals surface area contributed by atoms with E-state index in [0.717, 1.165) is 43.8 Å². The number of hydrogen-bond acceptors (Lipinski definition) is 8. The summed E-state index contributed by atoms with van der Waals surface area (Å²) in [5.74, 6) is 2.39. The maximum absolute atomic E-state index is 8.36. The van der Waals surface area contributed by atoms with E-state index < -0.39 is 5.09 Å². The molecule has 7 aromatic rings. The number of rotatable bonds is 0. The van der Waals surface area contributed by atoms with E-state index in [1.165, 1.54) is 0 Å². The standard InChI is InChI=1S/C32H18N8.HNO3/c1-2-10-18-17(9-1)25-33-26(18)38-28-21-13-5-6-14-22(21)30(35-28)40-32-24-16-8-7-15-23(24)31(36-32)39-29-20-12-4-3-11-19(20)27(34-29)37-25;2-1(3)4/h1-16H,(H2,33,34,35,36,37,38,39,40);(H,2,3,4). The quantitative estimate of drug-likeness (QED) is 0.134. The molecule has 0 fully saturated rings. The number of nitrogens with zero attached hydrogens (tertiary/aromatic N) is 7. The lowest BCUT2D eigenvalue weighted by Crippen LogP contribution is -1.82. The lowest BCUT2D eigenvalue weighted by Gasteiger charge is -1.96. The van der Waals surface area contributed by atoms with Crippen molar-refractivity contribution in [3.05, 3.63) is 107 Å². The van der Waals surface area contributed by atoms with Gasteiger partial charge < -0.3 is 15.2 Å². The van der Waals surface area contributed by atoms with Crippen molar-refractivity contribution in [2.75, 3.05) is 0 Å². The Morgan fingerprint density at radius 1 is 0.455 bits per heavy atom. The summed E-state index contributed by atoms with van der Waals surface area (Å²) in [6.07, 6.45) is 0. The second-order valence-corrected chi connectivity index (χ2v) is 10.0. The summed E-state index contributed by atoms with van der Waals surface area (Å²) < 4.78 is 0. The number of aromatic nitrogens is 8. The summed E-state index contributed by atoms with van der Waals surface area (Å²) >= 11 is 0. The molecule has 8 bridgehead atoms. The topological polar surface area (TPSA) is 172 Å². The molecule has 0 saturated carbocycles. The highest BCUT2D eigenvalue weighted by Gasteiger charge is 2.21. The van der Waals surface area contributed by atoms with Crippen LogP contribution in [-0.4, -0.2) is 50.2 Å². The predicted molar refractivity (Wildman–Crippen MR) is 165 cm³/mol. The molecule has 0 aliphatic carbocycles.